The molecule has 0 spiro atoms. The van der Waals surface area contributed by atoms with Crippen LogP contribution in [0.25, 0.3) is 10.9 Å². The first-order valence-electron chi connectivity index (χ1n) is 9.22. The third-order valence-electron chi connectivity index (χ3n) is 5.76. The Morgan fingerprint density at radius 1 is 1.26 bits per heavy atom. The van der Waals surface area contributed by atoms with Gasteiger partial charge in [0, 0.05) is 35.3 Å². The zero-order valence-corrected chi connectivity index (χ0v) is 15.0. The van der Waals surface area contributed by atoms with Crippen LogP contribution in [0.2, 0.25) is 0 Å². The number of hydrogen-bond donors (Lipinski definition) is 3. The fraction of sp³-hybridized carbons (Fsp3) is 0.286. The number of hydrogen-bond acceptors (Lipinski definition) is 4. The highest BCUT2D eigenvalue weighted by Crippen LogP contribution is 2.42. The van der Waals surface area contributed by atoms with E-state index in [4.69, 9.17) is 4.74 Å². The van der Waals surface area contributed by atoms with Crippen LogP contribution in [0.5, 0.6) is 11.5 Å². The third kappa shape index (κ3) is 2.36. The number of nitrogens with zero attached hydrogens (tertiary/aromatic N) is 1. The van der Waals surface area contributed by atoms with Crippen LogP contribution in [0.4, 0.5) is 5.69 Å². The van der Waals surface area contributed by atoms with Gasteiger partial charge in [-0.3, -0.25) is 4.79 Å². The van der Waals surface area contributed by atoms with E-state index < -0.39 is 0 Å². The molecule has 3 heterocycles. The number of benzene rings is 2. The zero-order valence-electron chi connectivity index (χ0n) is 15.0. The summed E-state index contributed by atoms with van der Waals surface area (Å²) >= 11 is 0. The minimum atomic E-state index is -0.0540. The first kappa shape index (κ1) is 16.1. The number of fused-ring (bicyclic) bond motifs is 3. The van der Waals surface area contributed by atoms with Crippen molar-refractivity contribution in [3.63, 3.8) is 0 Å². The first-order chi connectivity index (χ1) is 13.2. The van der Waals surface area contributed by atoms with Gasteiger partial charge in [-0.1, -0.05) is 18.2 Å². The number of anilines is 1. The van der Waals surface area contributed by atoms with Crippen LogP contribution >= 0.6 is 0 Å². The highest BCUT2D eigenvalue weighted by molar-refractivity contribution is 6.02. The van der Waals surface area contributed by atoms with Gasteiger partial charge in [0.2, 0.25) is 0 Å². The molecule has 1 fully saturated rings. The van der Waals surface area contributed by atoms with Crippen molar-refractivity contribution >= 4 is 22.5 Å². The van der Waals surface area contributed by atoms with Gasteiger partial charge in [0.1, 0.15) is 0 Å². The van der Waals surface area contributed by atoms with Crippen molar-refractivity contribution in [2.24, 2.45) is 0 Å². The molecule has 2 aromatic carbocycles. The predicted molar refractivity (Wildman–Crippen MR) is 103 cm³/mol. The Morgan fingerprint density at radius 3 is 2.96 bits per heavy atom. The Hall–Kier alpha value is -3.15. The molecule has 1 saturated heterocycles. The Labute approximate surface area is 156 Å². The summed E-state index contributed by atoms with van der Waals surface area (Å²) in [6.07, 6.45) is 3.96. The van der Waals surface area contributed by atoms with Crippen LogP contribution in [0.15, 0.2) is 42.6 Å². The maximum Gasteiger partial charge on any atom is 0.256 e. The Bertz CT molecular complexity index is 1040. The molecular formula is C21H21N3O3. The van der Waals surface area contributed by atoms with Crippen molar-refractivity contribution in [1.29, 1.82) is 0 Å². The zero-order chi connectivity index (χ0) is 18.5. The summed E-state index contributed by atoms with van der Waals surface area (Å²) in [4.78, 5) is 18.5. The minimum Gasteiger partial charge on any atom is -0.504 e. The van der Waals surface area contributed by atoms with E-state index in [0.717, 1.165) is 35.9 Å². The number of nitrogens with one attached hydrogen (secondary N) is 2. The van der Waals surface area contributed by atoms with Crippen molar-refractivity contribution < 1.29 is 14.6 Å². The number of carbonyl (C=O) groups excluding carboxylic acids is 1. The molecule has 6 heteroatoms. The second-order valence-corrected chi connectivity index (χ2v) is 7.19. The number of phenolic OH excluding ortho intramolecular Hbond substituents is 1. The smallest absolute Gasteiger partial charge is 0.256 e. The molecule has 0 radical (unpaired) electrons. The van der Waals surface area contributed by atoms with Crippen LogP contribution in [0.1, 0.15) is 34.8 Å². The number of amides is 1. The molecular weight excluding hydrogens is 342 g/mol. The summed E-state index contributed by atoms with van der Waals surface area (Å²) in [7, 11) is 1.49. The number of para-hydroxylation sites is 1. The molecule has 1 amide bonds. The fourth-order valence-electron chi connectivity index (χ4n) is 4.47. The molecule has 27 heavy (non-hydrogen) atoms. The van der Waals surface area contributed by atoms with Crippen LogP contribution in [0, 0.1) is 0 Å². The first-order valence-corrected chi connectivity index (χ1v) is 9.22. The van der Waals surface area contributed by atoms with Crippen molar-refractivity contribution in [1.82, 2.24) is 9.88 Å². The summed E-state index contributed by atoms with van der Waals surface area (Å²) in [5, 5.41) is 14.9. The molecule has 5 rings (SSSR count). The maximum atomic E-state index is 13.2. The summed E-state index contributed by atoms with van der Waals surface area (Å²) in [5.74, 6) is 0.321. The van der Waals surface area contributed by atoms with Gasteiger partial charge < -0.3 is 25.0 Å². The summed E-state index contributed by atoms with van der Waals surface area (Å²) in [6.45, 7) is 0.743. The molecule has 0 saturated carbocycles. The lowest BCUT2D eigenvalue weighted by molar-refractivity contribution is 0.0731. The summed E-state index contributed by atoms with van der Waals surface area (Å²) < 4.78 is 5.21. The topological polar surface area (TPSA) is 77.6 Å². The largest absolute Gasteiger partial charge is 0.504 e. The summed E-state index contributed by atoms with van der Waals surface area (Å²) in [6, 6.07) is 11.4. The van der Waals surface area contributed by atoms with E-state index in [9.17, 15) is 9.90 Å². The minimum absolute atomic E-state index is 0.0133. The van der Waals surface area contributed by atoms with Gasteiger partial charge in [-0.25, -0.2) is 0 Å². The lowest BCUT2D eigenvalue weighted by Crippen LogP contribution is -2.38. The normalized spacial score (nSPS) is 21.5. The molecule has 0 bridgehead atoms. The van der Waals surface area contributed by atoms with Gasteiger partial charge in [-0.05, 0) is 25.0 Å². The summed E-state index contributed by atoms with van der Waals surface area (Å²) in [5.41, 5.74) is 3.40. The molecule has 1 aromatic heterocycles. The molecule has 138 valence electrons. The average molecular weight is 363 g/mol. The van der Waals surface area contributed by atoms with Crippen LogP contribution in [-0.2, 0) is 0 Å². The SMILES string of the molecule is COc1cc2c(cc1O)N[C@H](c1c[nH]c3ccccc13)[C@@H]1CCCN1C2=O. The number of H-pyrrole nitrogens is 1. The highest BCUT2D eigenvalue weighted by Gasteiger charge is 2.40. The van der Waals surface area contributed by atoms with Gasteiger partial charge in [0.25, 0.3) is 5.91 Å². The van der Waals surface area contributed by atoms with Crippen molar-refractivity contribution in [3.8, 4) is 11.5 Å². The number of aromatic nitrogens is 1. The molecule has 3 N–H and O–H groups in total. The third-order valence-corrected chi connectivity index (χ3v) is 5.76. The van der Waals surface area contributed by atoms with E-state index in [2.05, 4.69) is 22.4 Å². The van der Waals surface area contributed by atoms with Crippen LogP contribution in [-0.4, -0.2) is 40.6 Å². The Kier molecular flexibility index (Phi) is 3.53. The van der Waals surface area contributed by atoms with E-state index in [-0.39, 0.29) is 23.7 Å². The molecule has 6 nitrogen and oxygen atoms in total. The number of phenols is 1. The van der Waals surface area contributed by atoms with E-state index in [0.29, 0.717) is 17.0 Å². The van der Waals surface area contributed by atoms with Gasteiger partial charge >= 0.3 is 0 Å². The average Bonchev–Trinajstić information content (AvgIpc) is 3.31. The Balaban J connectivity index is 1.68. The number of ether oxygens (including phenoxy) is 1. The molecule has 2 aliphatic heterocycles. The fourth-order valence-corrected chi connectivity index (χ4v) is 4.47. The van der Waals surface area contributed by atoms with E-state index in [1.807, 2.05) is 23.2 Å². The lowest BCUT2D eigenvalue weighted by Gasteiger charge is -2.29. The number of methoxy groups -OCH3 is 1. The van der Waals surface area contributed by atoms with Gasteiger partial charge in [0.05, 0.1) is 30.4 Å². The number of aromatic hydroxyl groups is 1. The Morgan fingerprint density at radius 2 is 2.11 bits per heavy atom. The second-order valence-electron chi connectivity index (χ2n) is 7.19. The molecule has 3 aromatic rings. The lowest BCUT2D eigenvalue weighted by atomic mass is 9.97. The highest BCUT2D eigenvalue weighted by atomic mass is 16.5. The van der Waals surface area contributed by atoms with Gasteiger partial charge in [-0.2, -0.15) is 0 Å². The van der Waals surface area contributed by atoms with Gasteiger partial charge in [-0.15, -0.1) is 0 Å². The van der Waals surface area contributed by atoms with Gasteiger partial charge in [0.15, 0.2) is 11.5 Å². The number of rotatable bonds is 2. The van der Waals surface area contributed by atoms with E-state index in [1.165, 1.54) is 7.11 Å². The second kappa shape index (κ2) is 5.94. The maximum absolute atomic E-state index is 13.2. The number of carbonyl (C=O) groups is 1. The van der Waals surface area contributed by atoms with E-state index in [1.54, 1.807) is 12.1 Å². The molecule has 0 unspecified atom stereocenters. The van der Waals surface area contributed by atoms with Crippen molar-refractivity contribution in [3.05, 3.63) is 53.7 Å². The van der Waals surface area contributed by atoms with Crippen molar-refractivity contribution in [2.45, 2.75) is 24.9 Å². The van der Waals surface area contributed by atoms with E-state index >= 15 is 0 Å². The van der Waals surface area contributed by atoms with Crippen molar-refractivity contribution in [2.75, 3.05) is 19.0 Å². The monoisotopic (exact) mass is 363 g/mol. The quantitative estimate of drug-likeness (QED) is 0.649. The molecule has 2 atom stereocenters. The molecule has 2 aliphatic rings. The number of aromatic amines is 1. The van der Waals surface area contributed by atoms with Crippen LogP contribution < -0.4 is 10.1 Å². The standard InChI is InChI=1S/C21H21N3O3/c1-27-19-9-13-16(10-18(19)25)23-20(17-7-4-8-24(17)21(13)26)14-11-22-15-6-3-2-5-12(14)15/h2-3,5-6,9-11,17,20,22-23,25H,4,7-8H2,1H3/t17-,20+/m0/s1. The molecule has 0 aliphatic carbocycles. The predicted octanol–water partition coefficient (Wildman–Crippen LogP) is 3.65. The van der Waals surface area contributed by atoms with Crippen LogP contribution in [0.3, 0.4) is 0 Å².